The van der Waals surface area contributed by atoms with E-state index in [4.69, 9.17) is 4.74 Å². The summed E-state index contributed by atoms with van der Waals surface area (Å²) < 4.78 is 19.2. The number of hydrogen-bond donors (Lipinski definition) is 2. The number of benzene rings is 1. The Hall–Kier alpha value is -2.15. The molecule has 2 saturated heterocycles. The van der Waals surface area contributed by atoms with Crippen molar-refractivity contribution in [2.24, 2.45) is 0 Å². The number of amides is 3. The molecule has 3 rings (SSSR count). The number of urea groups is 1. The maximum Gasteiger partial charge on any atom is 0.317 e. The summed E-state index contributed by atoms with van der Waals surface area (Å²) >= 11 is 0. The Labute approximate surface area is 146 Å². The Balaban J connectivity index is 1.68. The summed E-state index contributed by atoms with van der Waals surface area (Å²) in [4.78, 5) is 25.6. The van der Waals surface area contributed by atoms with Crippen molar-refractivity contribution in [3.05, 3.63) is 35.6 Å². The van der Waals surface area contributed by atoms with Crippen molar-refractivity contribution in [1.82, 2.24) is 15.5 Å². The fourth-order valence-electron chi connectivity index (χ4n) is 3.47. The standard InChI is InChI=1S/C18H24FN3O3/c19-15-3-1-2-14(12-15)18(5-10-25-11-6-18)13-21-17(24)22-8-4-16(23)20-7-9-22/h1-3,12H,4-11,13H2,(H,20,23)(H,21,24). The summed E-state index contributed by atoms with van der Waals surface area (Å²) in [7, 11) is 0. The Morgan fingerprint density at radius 1 is 1.32 bits per heavy atom. The van der Waals surface area contributed by atoms with Crippen LogP contribution in [-0.2, 0) is 14.9 Å². The molecule has 7 heteroatoms. The molecule has 2 fully saturated rings. The van der Waals surface area contributed by atoms with Gasteiger partial charge in [0.1, 0.15) is 5.82 Å². The van der Waals surface area contributed by atoms with Crippen LogP contribution < -0.4 is 10.6 Å². The third-order valence-corrected chi connectivity index (χ3v) is 5.06. The smallest absolute Gasteiger partial charge is 0.317 e. The van der Waals surface area contributed by atoms with Gasteiger partial charge < -0.3 is 20.3 Å². The zero-order chi connectivity index (χ0) is 17.7. The summed E-state index contributed by atoms with van der Waals surface area (Å²) in [5, 5.41) is 5.75. The highest BCUT2D eigenvalue weighted by Crippen LogP contribution is 2.34. The summed E-state index contributed by atoms with van der Waals surface area (Å²) in [5.41, 5.74) is 0.569. The molecule has 25 heavy (non-hydrogen) atoms. The number of rotatable bonds is 3. The third-order valence-electron chi connectivity index (χ3n) is 5.06. The number of hydrogen-bond acceptors (Lipinski definition) is 3. The van der Waals surface area contributed by atoms with Crippen LogP contribution in [0, 0.1) is 5.82 Å². The van der Waals surface area contributed by atoms with Crippen LogP contribution in [0.3, 0.4) is 0 Å². The van der Waals surface area contributed by atoms with Gasteiger partial charge in [-0.05, 0) is 30.5 Å². The van der Waals surface area contributed by atoms with Gasteiger partial charge in [-0.25, -0.2) is 9.18 Å². The molecule has 0 saturated carbocycles. The lowest BCUT2D eigenvalue weighted by atomic mass is 9.74. The Morgan fingerprint density at radius 2 is 2.12 bits per heavy atom. The normalized spacial score (nSPS) is 20.5. The second-order valence-electron chi connectivity index (χ2n) is 6.65. The van der Waals surface area contributed by atoms with E-state index < -0.39 is 0 Å². The highest BCUT2D eigenvalue weighted by molar-refractivity contribution is 5.79. The first-order chi connectivity index (χ1) is 12.1. The maximum absolute atomic E-state index is 13.7. The lowest BCUT2D eigenvalue weighted by Gasteiger charge is -2.38. The predicted molar refractivity (Wildman–Crippen MR) is 90.7 cm³/mol. The van der Waals surface area contributed by atoms with Gasteiger partial charge in [0.05, 0.1) is 0 Å². The second kappa shape index (κ2) is 7.82. The third kappa shape index (κ3) is 4.28. The van der Waals surface area contributed by atoms with Crippen molar-refractivity contribution in [3.63, 3.8) is 0 Å². The molecule has 0 aromatic heterocycles. The quantitative estimate of drug-likeness (QED) is 0.867. The van der Waals surface area contributed by atoms with Crippen molar-refractivity contribution in [3.8, 4) is 0 Å². The average molecular weight is 349 g/mol. The van der Waals surface area contributed by atoms with Crippen molar-refractivity contribution in [1.29, 1.82) is 0 Å². The van der Waals surface area contributed by atoms with Crippen LogP contribution in [0.1, 0.15) is 24.8 Å². The molecule has 6 nitrogen and oxygen atoms in total. The molecular formula is C18H24FN3O3. The fraction of sp³-hybridized carbons (Fsp3) is 0.556. The van der Waals surface area contributed by atoms with Crippen LogP contribution in [0.25, 0.3) is 0 Å². The van der Waals surface area contributed by atoms with Gasteiger partial charge in [-0.3, -0.25) is 4.79 Å². The number of carbonyl (C=O) groups excluding carboxylic acids is 2. The van der Waals surface area contributed by atoms with E-state index in [-0.39, 0.29) is 23.2 Å². The molecule has 1 aromatic rings. The largest absolute Gasteiger partial charge is 0.381 e. The van der Waals surface area contributed by atoms with Crippen LogP contribution in [0.4, 0.5) is 9.18 Å². The molecule has 1 aromatic carbocycles. The van der Waals surface area contributed by atoms with Gasteiger partial charge in [0.25, 0.3) is 0 Å². The highest BCUT2D eigenvalue weighted by atomic mass is 19.1. The molecule has 0 atom stereocenters. The predicted octanol–water partition coefficient (Wildman–Crippen LogP) is 1.41. The van der Waals surface area contributed by atoms with Gasteiger partial charge in [-0.1, -0.05) is 12.1 Å². The SMILES string of the molecule is O=C1CCN(C(=O)NCC2(c3cccc(F)c3)CCOCC2)CCN1. The summed E-state index contributed by atoms with van der Waals surface area (Å²) in [5.74, 6) is -0.303. The Kier molecular flexibility index (Phi) is 5.53. The number of nitrogens with zero attached hydrogens (tertiary/aromatic N) is 1. The number of halogens is 1. The fourth-order valence-corrected chi connectivity index (χ4v) is 3.47. The molecule has 2 aliphatic heterocycles. The van der Waals surface area contributed by atoms with E-state index in [1.165, 1.54) is 6.07 Å². The van der Waals surface area contributed by atoms with Gasteiger partial charge in [0.2, 0.25) is 5.91 Å². The molecule has 0 unspecified atom stereocenters. The molecule has 2 N–H and O–H groups in total. The van der Waals surface area contributed by atoms with Gasteiger partial charge in [0.15, 0.2) is 0 Å². The first-order valence-corrected chi connectivity index (χ1v) is 8.72. The Bertz CT molecular complexity index is 632. The molecule has 3 amide bonds. The molecule has 0 radical (unpaired) electrons. The molecule has 2 aliphatic rings. The zero-order valence-electron chi connectivity index (χ0n) is 14.2. The minimum atomic E-state index is -0.323. The van der Waals surface area contributed by atoms with E-state index in [9.17, 15) is 14.0 Å². The van der Waals surface area contributed by atoms with Crippen LogP contribution in [-0.4, -0.2) is 56.2 Å². The molecule has 136 valence electrons. The highest BCUT2D eigenvalue weighted by Gasteiger charge is 2.35. The van der Waals surface area contributed by atoms with E-state index >= 15 is 0 Å². The average Bonchev–Trinajstić information content (AvgIpc) is 2.85. The molecular weight excluding hydrogens is 325 g/mol. The topological polar surface area (TPSA) is 70.7 Å². The monoisotopic (exact) mass is 349 g/mol. The van der Waals surface area contributed by atoms with Crippen LogP contribution in [0.15, 0.2) is 24.3 Å². The van der Waals surface area contributed by atoms with Gasteiger partial charge in [-0.2, -0.15) is 0 Å². The first-order valence-electron chi connectivity index (χ1n) is 8.72. The van der Waals surface area contributed by atoms with Crippen LogP contribution in [0.2, 0.25) is 0 Å². The van der Waals surface area contributed by atoms with Crippen molar-refractivity contribution >= 4 is 11.9 Å². The summed E-state index contributed by atoms with van der Waals surface area (Å²) in [6.07, 6.45) is 1.78. The lowest BCUT2D eigenvalue weighted by molar-refractivity contribution is -0.120. The van der Waals surface area contributed by atoms with Crippen molar-refractivity contribution < 1.29 is 18.7 Å². The van der Waals surface area contributed by atoms with E-state index in [0.717, 1.165) is 18.4 Å². The minimum absolute atomic E-state index is 0.0315. The maximum atomic E-state index is 13.7. The molecule has 0 aliphatic carbocycles. The van der Waals surface area contributed by atoms with E-state index in [2.05, 4.69) is 10.6 Å². The number of ether oxygens (including phenoxy) is 1. The first kappa shape index (κ1) is 17.7. The van der Waals surface area contributed by atoms with E-state index in [0.29, 0.717) is 45.8 Å². The second-order valence-corrected chi connectivity index (χ2v) is 6.65. The Morgan fingerprint density at radius 3 is 2.88 bits per heavy atom. The molecule has 0 spiro atoms. The van der Waals surface area contributed by atoms with Crippen molar-refractivity contribution in [2.75, 3.05) is 39.4 Å². The zero-order valence-corrected chi connectivity index (χ0v) is 14.2. The summed E-state index contributed by atoms with van der Waals surface area (Å²) in [6, 6.07) is 6.41. The van der Waals surface area contributed by atoms with E-state index in [1.807, 2.05) is 6.07 Å². The number of carbonyl (C=O) groups is 2. The number of nitrogens with one attached hydrogen (secondary N) is 2. The minimum Gasteiger partial charge on any atom is -0.381 e. The van der Waals surface area contributed by atoms with Gasteiger partial charge >= 0.3 is 6.03 Å². The molecule has 0 bridgehead atoms. The summed E-state index contributed by atoms with van der Waals surface area (Å²) in [6.45, 7) is 2.98. The van der Waals surface area contributed by atoms with Crippen LogP contribution >= 0.6 is 0 Å². The van der Waals surface area contributed by atoms with Gasteiger partial charge in [-0.15, -0.1) is 0 Å². The van der Waals surface area contributed by atoms with Gasteiger partial charge in [0, 0.05) is 51.2 Å². The molecule has 2 heterocycles. The van der Waals surface area contributed by atoms with E-state index in [1.54, 1.807) is 17.0 Å². The van der Waals surface area contributed by atoms with Crippen molar-refractivity contribution in [2.45, 2.75) is 24.7 Å². The van der Waals surface area contributed by atoms with Crippen LogP contribution in [0.5, 0.6) is 0 Å². The lowest BCUT2D eigenvalue weighted by Crippen LogP contribution is -2.49.